The van der Waals surface area contributed by atoms with Crippen LogP contribution in [0.4, 0.5) is 19.0 Å². The molecule has 0 saturated carbocycles. The topological polar surface area (TPSA) is 55.0 Å². The van der Waals surface area contributed by atoms with Crippen molar-refractivity contribution < 1.29 is 13.2 Å². The molecule has 2 aromatic heterocycles. The Morgan fingerprint density at radius 1 is 1.18 bits per heavy atom. The van der Waals surface area contributed by atoms with Crippen molar-refractivity contribution in [1.82, 2.24) is 9.97 Å². The Bertz CT molecular complexity index is 663. The fraction of sp³-hybridized carbons (Fsp3) is 0.467. The first-order valence-corrected chi connectivity index (χ1v) is 7.27. The van der Waals surface area contributed by atoms with E-state index in [1.54, 1.807) is 0 Å². The summed E-state index contributed by atoms with van der Waals surface area (Å²) < 4.78 is 38.3. The van der Waals surface area contributed by atoms with E-state index in [1.165, 1.54) is 18.3 Å². The number of hydrogen-bond donors (Lipinski definition) is 1. The first-order chi connectivity index (χ1) is 10.5. The highest BCUT2D eigenvalue weighted by molar-refractivity contribution is 5.89. The van der Waals surface area contributed by atoms with E-state index < -0.39 is 11.9 Å². The van der Waals surface area contributed by atoms with Gasteiger partial charge in [0.25, 0.3) is 0 Å². The van der Waals surface area contributed by atoms with E-state index in [0.717, 1.165) is 32.0 Å². The van der Waals surface area contributed by atoms with E-state index >= 15 is 0 Å². The van der Waals surface area contributed by atoms with Crippen molar-refractivity contribution in [3.8, 4) is 0 Å². The SMILES string of the molecule is NCC1CCN(c2nccc3nc(C(F)(F)F)ccc23)CC1. The van der Waals surface area contributed by atoms with Gasteiger partial charge in [0.05, 0.1) is 5.52 Å². The van der Waals surface area contributed by atoms with Crippen LogP contribution in [0.1, 0.15) is 18.5 Å². The van der Waals surface area contributed by atoms with Gasteiger partial charge in [0.1, 0.15) is 11.5 Å². The minimum Gasteiger partial charge on any atom is -0.356 e. The van der Waals surface area contributed by atoms with Gasteiger partial charge in [0, 0.05) is 24.7 Å². The molecule has 118 valence electrons. The standard InChI is InChI=1S/C15H17F3N4/c16-15(17,18)13-2-1-11-12(21-13)3-6-20-14(11)22-7-4-10(9-19)5-8-22/h1-3,6,10H,4-5,7-9,19H2. The molecule has 0 radical (unpaired) electrons. The molecule has 0 atom stereocenters. The monoisotopic (exact) mass is 310 g/mol. The number of pyridine rings is 2. The summed E-state index contributed by atoms with van der Waals surface area (Å²) in [5, 5.41) is 0.654. The van der Waals surface area contributed by atoms with Gasteiger partial charge in [-0.15, -0.1) is 0 Å². The highest BCUT2D eigenvalue weighted by Crippen LogP contribution is 2.32. The van der Waals surface area contributed by atoms with Gasteiger partial charge in [-0.3, -0.25) is 0 Å². The highest BCUT2D eigenvalue weighted by Gasteiger charge is 2.32. The first-order valence-electron chi connectivity index (χ1n) is 7.27. The van der Waals surface area contributed by atoms with Crippen LogP contribution in [0, 0.1) is 5.92 Å². The summed E-state index contributed by atoms with van der Waals surface area (Å²) in [6.07, 6.45) is -0.970. The molecule has 3 rings (SSSR count). The van der Waals surface area contributed by atoms with E-state index in [9.17, 15) is 13.2 Å². The van der Waals surface area contributed by atoms with Gasteiger partial charge in [-0.05, 0) is 43.5 Å². The van der Waals surface area contributed by atoms with Crippen LogP contribution < -0.4 is 10.6 Å². The third kappa shape index (κ3) is 2.85. The van der Waals surface area contributed by atoms with Gasteiger partial charge in [-0.25, -0.2) is 9.97 Å². The molecule has 3 heterocycles. The fourth-order valence-corrected chi connectivity index (χ4v) is 2.83. The minimum absolute atomic E-state index is 0.320. The molecular formula is C15H17F3N4. The van der Waals surface area contributed by atoms with E-state index in [4.69, 9.17) is 5.73 Å². The molecule has 2 N–H and O–H groups in total. The smallest absolute Gasteiger partial charge is 0.356 e. The van der Waals surface area contributed by atoms with Gasteiger partial charge in [0.15, 0.2) is 0 Å². The van der Waals surface area contributed by atoms with Crippen molar-refractivity contribution in [2.45, 2.75) is 19.0 Å². The van der Waals surface area contributed by atoms with Gasteiger partial charge in [0.2, 0.25) is 0 Å². The zero-order chi connectivity index (χ0) is 15.7. The van der Waals surface area contributed by atoms with Crippen LogP contribution in [-0.4, -0.2) is 29.6 Å². The maximum atomic E-state index is 12.8. The average molecular weight is 310 g/mol. The molecule has 1 aliphatic rings. The lowest BCUT2D eigenvalue weighted by Crippen LogP contribution is -2.36. The van der Waals surface area contributed by atoms with Crippen LogP contribution in [0.2, 0.25) is 0 Å². The van der Waals surface area contributed by atoms with Gasteiger partial charge in [-0.2, -0.15) is 13.2 Å². The Hall–Kier alpha value is -1.89. The van der Waals surface area contributed by atoms with Crippen LogP contribution in [0.3, 0.4) is 0 Å². The van der Waals surface area contributed by atoms with Crippen molar-refractivity contribution in [2.75, 3.05) is 24.5 Å². The summed E-state index contributed by atoms with van der Waals surface area (Å²) in [5.41, 5.74) is 5.13. The molecule has 4 nitrogen and oxygen atoms in total. The highest BCUT2D eigenvalue weighted by atomic mass is 19.4. The van der Waals surface area contributed by atoms with Crippen LogP contribution in [0.15, 0.2) is 24.4 Å². The predicted molar refractivity (Wildman–Crippen MR) is 78.5 cm³/mol. The third-order valence-corrected chi connectivity index (χ3v) is 4.13. The number of nitrogens with two attached hydrogens (primary N) is 1. The number of hydrogen-bond acceptors (Lipinski definition) is 4. The van der Waals surface area contributed by atoms with Gasteiger partial charge in [-0.1, -0.05) is 0 Å². The Balaban J connectivity index is 1.94. The Morgan fingerprint density at radius 3 is 2.55 bits per heavy atom. The van der Waals surface area contributed by atoms with E-state index in [-0.39, 0.29) is 0 Å². The molecule has 2 aromatic rings. The summed E-state index contributed by atoms with van der Waals surface area (Å²) in [6, 6.07) is 3.99. The van der Waals surface area contributed by atoms with E-state index in [1.807, 2.05) is 0 Å². The molecular weight excluding hydrogens is 293 g/mol. The molecule has 0 bridgehead atoms. The number of piperidine rings is 1. The molecule has 7 heteroatoms. The number of nitrogens with zero attached hydrogens (tertiary/aromatic N) is 3. The number of aromatic nitrogens is 2. The van der Waals surface area contributed by atoms with E-state index in [2.05, 4.69) is 14.9 Å². The summed E-state index contributed by atoms with van der Waals surface area (Å²) in [5.74, 6) is 1.22. The molecule has 0 amide bonds. The summed E-state index contributed by atoms with van der Waals surface area (Å²) >= 11 is 0. The minimum atomic E-state index is -4.43. The van der Waals surface area contributed by atoms with E-state index in [0.29, 0.717) is 29.2 Å². The zero-order valence-electron chi connectivity index (χ0n) is 12.0. The average Bonchev–Trinajstić information content (AvgIpc) is 2.53. The molecule has 0 spiro atoms. The second-order valence-electron chi connectivity index (χ2n) is 5.56. The van der Waals surface area contributed by atoms with Crippen molar-refractivity contribution in [3.05, 3.63) is 30.1 Å². The van der Waals surface area contributed by atoms with Crippen molar-refractivity contribution in [2.24, 2.45) is 11.7 Å². The number of fused-ring (bicyclic) bond motifs is 1. The molecule has 1 aliphatic heterocycles. The second-order valence-corrected chi connectivity index (χ2v) is 5.56. The predicted octanol–water partition coefficient (Wildman–Crippen LogP) is 2.82. The van der Waals surface area contributed by atoms with Crippen LogP contribution in [0.25, 0.3) is 10.9 Å². The molecule has 0 aliphatic carbocycles. The lowest BCUT2D eigenvalue weighted by Gasteiger charge is -2.32. The fourth-order valence-electron chi connectivity index (χ4n) is 2.83. The molecule has 1 saturated heterocycles. The summed E-state index contributed by atoms with van der Waals surface area (Å²) in [6.45, 7) is 2.30. The zero-order valence-corrected chi connectivity index (χ0v) is 12.0. The quantitative estimate of drug-likeness (QED) is 0.927. The molecule has 0 aromatic carbocycles. The maximum absolute atomic E-state index is 12.8. The summed E-state index contributed by atoms with van der Waals surface area (Å²) in [4.78, 5) is 10.2. The lowest BCUT2D eigenvalue weighted by atomic mass is 9.97. The summed E-state index contributed by atoms with van der Waals surface area (Å²) in [7, 11) is 0. The number of rotatable bonds is 2. The van der Waals surface area contributed by atoms with Crippen molar-refractivity contribution >= 4 is 16.7 Å². The normalized spacial score (nSPS) is 17.2. The third-order valence-electron chi connectivity index (χ3n) is 4.13. The van der Waals surface area contributed by atoms with Crippen molar-refractivity contribution in [1.29, 1.82) is 0 Å². The maximum Gasteiger partial charge on any atom is 0.433 e. The molecule has 22 heavy (non-hydrogen) atoms. The Labute approximate surface area is 126 Å². The Morgan fingerprint density at radius 2 is 1.91 bits per heavy atom. The van der Waals surface area contributed by atoms with Crippen LogP contribution in [0.5, 0.6) is 0 Å². The van der Waals surface area contributed by atoms with Crippen LogP contribution >= 0.6 is 0 Å². The van der Waals surface area contributed by atoms with Gasteiger partial charge < -0.3 is 10.6 Å². The number of anilines is 1. The van der Waals surface area contributed by atoms with Crippen molar-refractivity contribution in [3.63, 3.8) is 0 Å². The second kappa shape index (κ2) is 5.72. The number of halogens is 3. The van der Waals surface area contributed by atoms with Gasteiger partial charge >= 0.3 is 6.18 Å². The number of alkyl halides is 3. The lowest BCUT2D eigenvalue weighted by molar-refractivity contribution is -0.140. The Kier molecular flexibility index (Phi) is 3.90. The molecule has 1 fully saturated rings. The van der Waals surface area contributed by atoms with Crippen LogP contribution in [-0.2, 0) is 6.18 Å². The largest absolute Gasteiger partial charge is 0.433 e. The first kappa shape index (κ1) is 15.0. The molecule has 0 unspecified atom stereocenters.